The van der Waals surface area contributed by atoms with E-state index in [2.05, 4.69) is 15.6 Å². The Morgan fingerprint density at radius 3 is 2.14 bits per heavy atom. The van der Waals surface area contributed by atoms with Gasteiger partial charge in [-0.1, -0.05) is 32.4 Å². The summed E-state index contributed by atoms with van der Waals surface area (Å²) in [7, 11) is 0. The molecule has 122 valence electrons. The van der Waals surface area contributed by atoms with Crippen LogP contribution in [0.2, 0.25) is 5.15 Å². The fraction of sp³-hybridized carbons (Fsp3) is 0.533. The van der Waals surface area contributed by atoms with Gasteiger partial charge in [-0.25, -0.2) is 9.78 Å². The van der Waals surface area contributed by atoms with Gasteiger partial charge in [-0.05, 0) is 32.9 Å². The van der Waals surface area contributed by atoms with Crippen LogP contribution in [0.5, 0.6) is 0 Å². The van der Waals surface area contributed by atoms with Gasteiger partial charge in [0.15, 0.2) is 5.15 Å². The maximum atomic E-state index is 11.9. The Bertz CT molecular complexity index is 574. The molecule has 0 aliphatic rings. The predicted molar refractivity (Wildman–Crippen MR) is 87.2 cm³/mol. The highest BCUT2D eigenvalue weighted by molar-refractivity contribution is 6.32. The van der Waals surface area contributed by atoms with Crippen LogP contribution in [0.1, 0.15) is 41.5 Å². The molecule has 0 radical (unpaired) electrons. The lowest BCUT2D eigenvalue weighted by atomic mass is 9.96. The lowest BCUT2D eigenvalue weighted by Gasteiger charge is -2.20. The number of pyridine rings is 1. The average molecular weight is 328 g/mol. The normalized spacial score (nSPS) is 11.8. The van der Waals surface area contributed by atoms with Crippen molar-refractivity contribution in [1.29, 1.82) is 0 Å². The molecule has 22 heavy (non-hydrogen) atoms. The molecule has 1 aromatic rings. The first kappa shape index (κ1) is 18.2. The van der Waals surface area contributed by atoms with E-state index in [-0.39, 0.29) is 16.9 Å². The molecule has 0 atom stereocenters. The fourth-order valence-corrected chi connectivity index (χ4v) is 1.52. The van der Waals surface area contributed by atoms with Crippen LogP contribution in [-0.4, -0.2) is 22.6 Å². The van der Waals surface area contributed by atoms with Crippen molar-refractivity contribution >= 4 is 35.1 Å². The van der Waals surface area contributed by atoms with Gasteiger partial charge in [-0.15, -0.1) is 0 Å². The summed E-state index contributed by atoms with van der Waals surface area (Å²) < 4.78 is 5.12. The first-order chi connectivity index (χ1) is 9.88. The molecular weight excluding hydrogens is 306 g/mol. The van der Waals surface area contributed by atoms with Gasteiger partial charge in [-0.2, -0.15) is 0 Å². The smallest absolute Gasteiger partial charge is 0.413 e. The van der Waals surface area contributed by atoms with Crippen LogP contribution in [0.25, 0.3) is 0 Å². The minimum Gasteiger partial charge on any atom is -0.444 e. The second kappa shape index (κ2) is 6.52. The predicted octanol–water partition coefficient (Wildman–Crippen LogP) is 4.07. The fourth-order valence-electron chi connectivity index (χ4n) is 1.32. The van der Waals surface area contributed by atoms with Crippen LogP contribution in [0.3, 0.4) is 0 Å². The molecule has 0 aliphatic carbocycles. The number of amides is 2. The molecule has 0 spiro atoms. The Balaban J connectivity index is 2.78. The lowest BCUT2D eigenvalue weighted by Crippen LogP contribution is -2.28. The number of hydrogen-bond acceptors (Lipinski definition) is 4. The maximum Gasteiger partial charge on any atom is 0.413 e. The number of nitrogens with one attached hydrogen (secondary N) is 2. The van der Waals surface area contributed by atoms with E-state index >= 15 is 0 Å². The van der Waals surface area contributed by atoms with Gasteiger partial charge in [-0.3, -0.25) is 10.1 Å². The zero-order valence-corrected chi connectivity index (χ0v) is 14.5. The summed E-state index contributed by atoms with van der Waals surface area (Å²) in [5.41, 5.74) is -0.762. The molecular formula is C15H22ClN3O3. The molecule has 1 heterocycles. The third-order valence-electron chi connectivity index (χ3n) is 2.41. The van der Waals surface area contributed by atoms with Crippen LogP contribution in [0.4, 0.5) is 16.3 Å². The summed E-state index contributed by atoms with van der Waals surface area (Å²) in [5.74, 6) is 0.0667. The number of carbonyl (C=O) groups is 2. The number of aromatic nitrogens is 1. The summed E-state index contributed by atoms with van der Waals surface area (Å²) in [5, 5.41) is 5.26. The van der Waals surface area contributed by atoms with E-state index in [4.69, 9.17) is 16.3 Å². The van der Waals surface area contributed by atoms with Crippen LogP contribution < -0.4 is 10.6 Å². The molecule has 0 fully saturated rings. The zero-order valence-electron chi connectivity index (χ0n) is 13.7. The molecule has 7 heteroatoms. The maximum absolute atomic E-state index is 11.9. The molecule has 0 saturated carbocycles. The summed E-state index contributed by atoms with van der Waals surface area (Å²) in [6, 6.07) is 3.11. The van der Waals surface area contributed by atoms with Crippen molar-refractivity contribution in [2.75, 3.05) is 10.6 Å². The van der Waals surface area contributed by atoms with Crippen molar-refractivity contribution in [2.24, 2.45) is 5.41 Å². The number of rotatable bonds is 2. The first-order valence-corrected chi connectivity index (χ1v) is 7.24. The number of halogens is 1. The number of ether oxygens (including phenoxy) is 1. The Morgan fingerprint density at radius 1 is 1.09 bits per heavy atom. The standard InChI is InChI=1S/C15H22ClN3O3/c1-14(2,3)12(20)17-9-7-8-10(18-11(9)16)19-13(21)22-15(4,5)6/h7-8H,1-6H3,(H,17,20)(H,18,19,21). The third-order valence-corrected chi connectivity index (χ3v) is 2.70. The Kier molecular flexibility index (Phi) is 5.40. The molecule has 0 unspecified atom stereocenters. The molecule has 6 nitrogen and oxygen atoms in total. The second-order valence-electron chi connectivity index (χ2n) is 6.87. The molecule has 2 N–H and O–H groups in total. The van der Waals surface area contributed by atoms with E-state index in [9.17, 15) is 9.59 Å². The summed E-state index contributed by atoms with van der Waals surface area (Å²) in [4.78, 5) is 27.6. The largest absolute Gasteiger partial charge is 0.444 e. The van der Waals surface area contributed by atoms with Gasteiger partial charge < -0.3 is 10.1 Å². The lowest BCUT2D eigenvalue weighted by molar-refractivity contribution is -0.123. The Labute approximate surface area is 135 Å². The van der Waals surface area contributed by atoms with Crippen molar-refractivity contribution in [2.45, 2.75) is 47.1 Å². The number of hydrogen-bond donors (Lipinski definition) is 2. The highest BCUT2D eigenvalue weighted by Gasteiger charge is 2.22. The monoisotopic (exact) mass is 327 g/mol. The van der Waals surface area contributed by atoms with Crippen LogP contribution >= 0.6 is 11.6 Å². The Hall–Kier alpha value is -1.82. The molecule has 1 rings (SSSR count). The summed E-state index contributed by atoms with van der Waals surface area (Å²) in [6.07, 6.45) is -0.623. The molecule has 0 aliphatic heterocycles. The van der Waals surface area contributed by atoms with Gasteiger partial charge in [0.05, 0.1) is 5.69 Å². The minimum absolute atomic E-state index is 0.0890. The number of carbonyl (C=O) groups excluding carboxylic acids is 2. The molecule has 0 bridgehead atoms. The summed E-state index contributed by atoms with van der Waals surface area (Å²) >= 11 is 6.02. The van der Waals surface area contributed by atoms with Crippen molar-refractivity contribution < 1.29 is 14.3 Å². The molecule has 0 aromatic carbocycles. The van der Waals surface area contributed by atoms with Gasteiger partial charge in [0.25, 0.3) is 0 Å². The van der Waals surface area contributed by atoms with Gasteiger partial charge in [0.1, 0.15) is 11.4 Å². The van der Waals surface area contributed by atoms with Crippen molar-refractivity contribution in [3.05, 3.63) is 17.3 Å². The van der Waals surface area contributed by atoms with E-state index < -0.39 is 17.1 Å². The van der Waals surface area contributed by atoms with Crippen LogP contribution in [0, 0.1) is 5.41 Å². The van der Waals surface area contributed by atoms with Crippen molar-refractivity contribution in [1.82, 2.24) is 4.98 Å². The molecule has 0 saturated heterocycles. The molecule has 1 aromatic heterocycles. The first-order valence-electron chi connectivity index (χ1n) is 6.86. The highest BCUT2D eigenvalue weighted by atomic mass is 35.5. The average Bonchev–Trinajstić information content (AvgIpc) is 2.28. The minimum atomic E-state index is -0.623. The third kappa shape index (κ3) is 5.89. The van der Waals surface area contributed by atoms with Gasteiger partial charge >= 0.3 is 6.09 Å². The Morgan fingerprint density at radius 2 is 1.68 bits per heavy atom. The van der Waals surface area contributed by atoms with Crippen LogP contribution in [0.15, 0.2) is 12.1 Å². The van der Waals surface area contributed by atoms with Gasteiger partial charge in [0.2, 0.25) is 5.91 Å². The topological polar surface area (TPSA) is 80.3 Å². The van der Waals surface area contributed by atoms with E-state index in [1.165, 1.54) is 6.07 Å². The summed E-state index contributed by atoms with van der Waals surface area (Å²) in [6.45, 7) is 10.7. The SMILES string of the molecule is CC(C)(C)OC(=O)Nc1ccc(NC(=O)C(C)(C)C)c(Cl)n1. The highest BCUT2D eigenvalue weighted by Crippen LogP contribution is 2.24. The van der Waals surface area contributed by atoms with E-state index in [0.29, 0.717) is 5.69 Å². The van der Waals surface area contributed by atoms with E-state index in [1.54, 1.807) is 47.6 Å². The molecule has 2 amide bonds. The quantitative estimate of drug-likeness (QED) is 0.802. The van der Waals surface area contributed by atoms with E-state index in [0.717, 1.165) is 0 Å². The number of nitrogens with zero attached hydrogens (tertiary/aromatic N) is 1. The second-order valence-corrected chi connectivity index (χ2v) is 7.22. The van der Waals surface area contributed by atoms with E-state index in [1.807, 2.05) is 0 Å². The zero-order chi connectivity index (χ0) is 17.1. The number of anilines is 2. The van der Waals surface area contributed by atoms with Crippen molar-refractivity contribution in [3.63, 3.8) is 0 Å². The van der Waals surface area contributed by atoms with Crippen molar-refractivity contribution in [3.8, 4) is 0 Å². The van der Waals surface area contributed by atoms with Crippen LogP contribution in [-0.2, 0) is 9.53 Å². The van der Waals surface area contributed by atoms with Gasteiger partial charge in [0, 0.05) is 5.41 Å².